The normalized spacial score (nSPS) is 11.5. The van der Waals surface area contributed by atoms with E-state index in [4.69, 9.17) is 11.6 Å². The summed E-state index contributed by atoms with van der Waals surface area (Å²) < 4.78 is 5.77. The number of rotatable bonds is 3. The van der Waals surface area contributed by atoms with Crippen LogP contribution in [0.5, 0.6) is 0 Å². The fourth-order valence-corrected chi connectivity index (χ4v) is 4.52. The number of hydrogen-bond acceptors (Lipinski definition) is 4. The Morgan fingerprint density at radius 3 is 2.43 bits per heavy atom. The van der Waals surface area contributed by atoms with Crippen LogP contribution in [0.3, 0.4) is 0 Å². The minimum Gasteiger partial charge on any atom is -0.330 e. The third-order valence-electron chi connectivity index (χ3n) is 6.14. The van der Waals surface area contributed by atoms with Crippen LogP contribution in [-0.4, -0.2) is 48.3 Å². The zero-order chi connectivity index (χ0) is 25.0. The largest absolute Gasteiger partial charge is 0.332 e. The summed E-state index contributed by atoms with van der Waals surface area (Å²) in [6.07, 6.45) is 1.69. The first-order valence-electron chi connectivity index (χ1n) is 10.9. The molecule has 0 aliphatic carbocycles. The molecule has 10 heteroatoms. The lowest BCUT2D eigenvalue weighted by atomic mass is 10.1. The Morgan fingerprint density at radius 1 is 1.03 bits per heavy atom. The maximum absolute atomic E-state index is 13.5. The summed E-state index contributed by atoms with van der Waals surface area (Å²) in [5.41, 5.74) is 1.80. The average molecular weight is 491 g/mol. The first kappa shape index (κ1) is 22.7. The molecular formula is C25H23ClN6O3. The van der Waals surface area contributed by atoms with E-state index in [9.17, 15) is 14.4 Å². The predicted octanol–water partition coefficient (Wildman–Crippen LogP) is 3.29. The summed E-state index contributed by atoms with van der Waals surface area (Å²) in [6.45, 7) is 0.148. The fraction of sp³-hybridized carbons (Fsp3) is 0.200. The topological polar surface area (TPSA) is 87.1 Å². The first-order chi connectivity index (χ1) is 16.7. The van der Waals surface area contributed by atoms with E-state index in [-0.39, 0.29) is 18.2 Å². The van der Waals surface area contributed by atoms with E-state index in [0.717, 1.165) is 5.56 Å². The van der Waals surface area contributed by atoms with Crippen LogP contribution in [0.15, 0.2) is 64.3 Å². The van der Waals surface area contributed by atoms with E-state index in [0.29, 0.717) is 32.8 Å². The van der Waals surface area contributed by atoms with Crippen molar-refractivity contribution in [1.29, 1.82) is 0 Å². The van der Waals surface area contributed by atoms with Gasteiger partial charge in [0, 0.05) is 50.4 Å². The molecule has 0 bridgehead atoms. The molecule has 0 spiro atoms. The van der Waals surface area contributed by atoms with Gasteiger partial charge in [0.05, 0.1) is 12.1 Å². The lowest BCUT2D eigenvalue weighted by molar-refractivity contribution is 0.220. The molecule has 35 heavy (non-hydrogen) atoms. The zero-order valence-corrected chi connectivity index (χ0v) is 20.4. The third-order valence-corrected chi connectivity index (χ3v) is 6.37. The maximum Gasteiger partial charge on any atom is 0.332 e. The summed E-state index contributed by atoms with van der Waals surface area (Å²) in [6, 6.07) is 14.4. The molecule has 1 amide bonds. The van der Waals surface area contributed by atoms with Gasteiger partial charge in [0.1, 0.15) is 5.82 Å². The molecule has 0 saturated carbocycles. The van der Waals surface area contributed by atoms with Crippen LogP contribution in [0, 0.1) is 0 Å². The van der Waals surface area contributed by atoms with Crippen molar-refractivity contribution >= 4 is 39.7 Å². The number of aryl methyl sites for hydroxylation is 2. The van der Waals surface area contributed by atoms with Gasteiger partial charge in [-0.3, -0.25) is 18.5 Å². The summed E-state index contributed by atoms with van der Waals surface area (Å²) in [7, 11) is 6.66. The molecule has 2 aromatic carbocycles. The summed E-state index contributed by atoms with van der Waals surface area (Å²) in [5, 5.41) is 1.21. The monoisotopic (exact) mass is 490 g/mol. The van der Waals surface area contributed by atoms with Crippen molar-refractivity contribution in [3.8, 4) is 11.4 Å². The number of nitrogens with zero attached hydrogens (tertiary/aromatic N) is 6. The Hall–Kier alpha value is -4.11. The van der Waals surface area contributed by atoms with Crippen molar-refractivity contribution in [2.75, 3.05) is 14.1 Å². The van der Waals surface area contributed by atoms with Gasteiger partial charge in [0.2, 0.25) is 0 Å². The Kier molecular flexibility index (Phi) is 5.36. The molecule has 0 saturated heterocycles. The van der Waals surface area contributed by atoms with E-state index >= 15 is 0 Å². The number of amides is 1. The van der Waals surface area contributed by atoms with Gasteiger partial charge in [-0.25, -0.2) is 14.6 Å². The SMILES string of the molecule is CN(C)C(=O)n1cc(-c2nc3c(c(=O)n(Cc4ccccc4)c(=O)n3C)n2C)c2cc(Cl)ccc21. The molecule has 3 aromatic heterocycles. The number of carbonyl (C=O) groups excluding carboxylic acids is 1. The summed E-state index contributed by atoms with van der Waals surface area (Å²) >= 11 is 6.29. The second kappa shape index (κ2) is 8.28. The van der Waals surface area contributed by atoms with Crippen LogP contribution in [0.1, 0.15) is 5.56 Å². The van der Waals surface area contributed by atoms with E-state index in [1.165, 1.54) is 18.6 Å². The average Bonchev–Trinajstić information content (AvgIpc) is 3.38. The predicted molar refractivity (Wildman–Crippen MR) is 136 cm³/mol. The molecule has 0 aliphatic rings. The molecule has 0 unspecified atom stereocenters. The second-order valence-corrected chi connectivity index (χ2v) is 9.07. The maximum atomic E-state index is 13.5. The summed E-state index contributed by atoms with van der Waals surface area (Å²) in [5.74, 6) is 0.446. The van der Waals surface area contributed by atoms with Crippen molar-refractivity contribution in [2.24, 2.45) is 14.1 Å². The van der Waals surface area contributed by atoms with Crippen molar-refractivity contribution in [2.45, 2.75) is 6.54 Å². The van der Waals surface area contributed by atoms with Gasteiger partial charge in [-0.1, -0.05) is 41.9 Å². The Morgan fingerprint density at radius 2 is 1.74 bits per heavy atom. The van der Waals surface area contributed by atoms with Gasteiger partial charge in [-0.15, -0.1) is 0 Å². The number of imidazole rings is 1. The van der Waals surface area contributed by atoms with Crippen molar-refractivity contribution in [3.05, 3.63) is 86.2 Å². The van der Waals surface area contributed by atoms with Crippen LogP contribution >= 0.6 is 11.6 Å². The highest BCUT2D eigenvalue weighted by molar-refractivity contribution is 6.31. The number of carbonyl (C=O) groups is 1. The quantitative estimate of drug-likeness (QED) is 0.388. The molecule has 178 valence electrons. The van der Waals surface area contributed by atoms with Gasteiger partial charge in [-0.2, -0.15) is 0 Å². The molecule has 0 N–H and O–H groups in total. The van der Waals surface area contributed by atoms with Gasteiger partial charge in [0.15, 0.2) is 11.2 Å². The van der Waals surface area contributed by atoms with Gasteiger partial charge in [-0.05, 0) is 23.8 Å². The highest BCUT2D eigenvalue weighted by atomic mass is 35.5. The van der Waals surface area contributed by atoms with Gasteiger partial charge < -0.3 is 9.47 Å². The van der Waals surface area contributed by atoms with Crippen molar-refractivity contribution in [3.63, 3.8) is 0 Å². The Balaban J connectivity index is 1.79. The van der Waals surface area contributed by atoms with Crippen LogP contribution in [0.2, 0.25) is 5.02 Å². The molecule has 5 aromatic rings. The fourth-order valence-electron chi connectivity index (χ4n) is 4.34. The highest BCUT2D eigenvalue weighted by Gasteiger charge is 2.23. The smallest absolute Gasteiger partial charge is 0.330 e. The molecule has 0 radical (unpaired) electrons. The van der Waals surface area contributed by atoms with E-state index in [1.54, 1.807) is 57.2 Å². The molecule has 0 fully saturated rings. The molecule has 0 atom stereocenters. The van der Waals surface area contributed by atoms with E-state index in [2.05, 4.69) is 4.98 Å². The van der Waals surface area contributed by atoms with E-state index < -0.39 is 11.2 Å². The van der Waals surface area contributed by atoms with Gasteiger partial charge in [0.25, 0.3) is 5.56 Å². The second-order valence-electron chi connectivity index (χ2n) is 8.64. The highest BCUT2D eigenvalue weighted by Crippen LogP contribution is 2.33. The molecule has 3 heterocycles. The standard InChI is InChI=1S/C25H23ClN6O3/c1-28(2)24(34)31-14-18(17-12-16(26)10-11-19(17)31)21-27-22-20(29(21)3)23(33)32(25(35)30(22)4)13-15-8-6-5-7-9-15/h5-12,14H,13H2,1-4H3. The lowest BCUT2D eigenvalue weighted by Gasteiger charge is -2.11. The van der Waals surface area contributed by atoms with Crippen LogP contribution in [0.4, 0.5) is 4.79 Å². The molecule has 0 aliphatic heterocycles. The minimum atomic E-state index is -0.454. The van der Waals surface area contributed by atoms with E-state index in [1.807, 2.05) is 30.3 Å². The van der Waals surface area contributed by atoms with Crippen LogP contribution in [0.25, 0.3) is 33.5 Å². The number of hydrogen-bond donors (Lipinski definition) is 0. The molecule has 9 nitrogen and oxygen atoms in total. The molecule has 5 rings (SSSR count). The van der Waals surface area contributed by atoms with Crippen LogP contribution < -0.4 is 11.2 Å². The summed E-state index contributed by atoms with van der Waals surface area (Å²) in [4.78, 5) is 45.6. The molecular weight excluding hydrogens is 468 g/mol. The Labute approximate surface area is 205 Å². The zero-order valence-electron chi connectivity index (χ0n) is 19.7. The third kappa shape index (κ3) is 3.55. The number of benzene rings is 2. The van der Waals surface area contributed by atoms with Gasteiger partial charge >= 0.3 is 11.7 Å². The number of halogens is 1. The van der Waals surface area contributed by atoms with Crippen LogP contribution in [-0.2, 0) is 20.6 Å². The minimum absolute atomic E-state index is 0.148. The Bertz CT molecular complexity index is 1740. The van der Waals surface area contributed by atoms with Crippen molar-refractivity contribution < 1.29 is 4.79 Å². The number of aromatic nitrogens is 5. The lowest BCUT2D eigenvalue weighted by Crippen LogP contribution is -2.39. The van der Waals surface area contributed by atoms with Crippen molar-refractivity contribution in [1.82, 2.24) is 28.2 Å². The first-order valence-corrected chi connectivity index (χ1v) is 11.3. The number of fused-ring (bicyclic) bond motifs is 2.